The number of hydrogen-bond acceptors (Lipinski definition) is 6. The quantitative estimate of drug-likeness (QED) is 0.725. The minimum Gasteiger partial charge on any atom is -0.302 e. The molecule has 90 valence electrons. The van der Waals surface area contributed by atoms with E-state index in [1.54, 1.807) is 23.2 Å². The molecule has 0 fully saturated rings. The lowest BCUT2D eigenvalue weighted by atomic mass is 10.4. The summed E-state index contributed by atoms with van der Waals surface area (Å²) in [7, 11) is 1.85. The van der Waals surface area contributed by atoms with Crippen molar-refractivity contribution in [2.24, 2.45) is 7.05 Å². The van der Waals surface area contributed by atoms with Crippen LogP contribution in [0.4, 0.5) is 0 Å². The number of H-pyrrole nitrogens is 1. The van der Waals surface area contributed by atoms with Gasteiger partial charge in [-0.25, -0.2) is 4.98 Å². The van der Waals surface area contributed by atoms with E-state index in [4.69, 9.17) is 12.2 Å². The lowest BCUT2D eigenvalue weighted by Gasteiger charge is -1.95. The van der Waals surface area contributed by atoms with Crippen molar-refractivity contribution in [2.75, 3.05) is 0 Å². The molecule has 1 N–H and O–H groups in total. The molecule has 0 bridgehead atoms. The third-order valence-corrected chi connectivity index (χ3v) is 3.63. The molecule has 8 heteroatoms. The van der Waals surface area contributed by atoms with E-state index in [9.17, 15) is 0 Å². The fraction of sp³-hybridized carbons (Fsp3) is 0.100. The fourth-order valence-electron chi connectivity index (χ4n) is 1.48. The van der Waals surface area contributed by atoms with E-state index >= 15 is 0 Å². The number of nitrogens with one attached hydrogen (secondary N) is 1. The summed E-state index contributed by atoms with van der Waals surface area (Å²) in [5, 5.41) is 9.62. The first kappa shape index (κ1) is 11.2. The van der Waals surface area contributed by atoms with Crippen LogP contribution in [0.2, 0.25) is 0 Å². The topological polar surface area (TPSA) is 72.3 Å². The van der Waals surface area contributed by atoms with Gasteiger partial charge < -0.3 is 4.57 Å². The van der Waals surface area contributed by atoms with Crippen molar-refractivity contribution < 1.29 is 0 Å². The summed E-state index contributed by atoms with van der Waals surface area (Å²) in [6.07, 6.45) is 4.97. The van der Waals surface area contributed by atoms with E-state index in [1.807, 2.05) is 12.4 Å². The summed E-state index contributed by atoms with van der Waals surface area (Å²) in [5.74, 6) is 0.714. The second-order valence-electron chi connectivity index (χ2n) is 3.54. The number of nitrogens with zero attached hydrogens (tertiary/aromatic N) is 5. The molecule has 0 aliphatic carbocycles. The Balaban J connectivity index is 2.05. The highest BCUT2D eigenvalue weighted by Crippen LogP contribution is 2.25. The van der Waals surface area contributed by atoms with Crippen LogP contribution in [0.3, 0.4) is 0 Å². The Morgan fingerprint density at radius 1 is 1.33 bits per heavy atom. The normalized spacial score (nSPS) is 10.7. The van der Waals surface area contributed by atoms with Crippen molar-refractivity contribution in [2.45, 2.75) is 0 Å². The number of aromatic amines is 1. The van der Waals surface area contributed by atoms with Crippen LogP contribution in [0.15, 0.2) is 24.0 Å². The standard InChI is InChI=1S/C10H8N6S2/c1-16-8(14-15-10(16)17)7-5-18-9(13-7)6-4-11-2-3-12-6/h2-5H,1H3,(H,15,17). The minimum absolute atomic E-state index is 0.569. The predicted octanol–water partition coefficient (Wildman–Crippen LogP) is 2.06. The van der Waals surface area contributed by atoms with Crippen LogP contribution >= 0.6 is 23.6 Å². The Kier molecular flexibility index (Phi) is 2.73. The molecule has 6 nitrogen and oxygen atoms in total. The molecule has 0 spiro atoms. The Hall–Kier alpha value is -1.93. The van der Waals surface area contributed by atoms with Gasteiger partial charge in [-0.1, -0.05) is 0 Å². The maximum atomic E-state index is 5.07. The Morgan fingerprint density at radius 2 is 2.22 bits per heavy atom. The molecule has 0 atom stereocenters. The molecule has 0 saturated heterocycles. The van der Waals surface area contributed by atoms with Gasteiger partial charge in [-0.3, -0.25) is 15.1 Å². The van der Waals surface area contributed by atoms with Crippen LogP contribution < -0.4 is 0 Å². The van der Waals surface area contributed by atoms with Gasteiger partial charge in [0, 0.05) is 24.8 Å². The summed E-state index contributed by atoms with van der Waals surface area (Å²) in [6, 6.07) is 0. The van der Waals surface area contributed by atoms with Gasteiger partial charge >= 0.3 is 0 Å². The highest BCUT2D eigenvalue weighted by atomic mass is 32.1. The zero-order valence-corrected chi connectivity index (χ0v) is 11.0. The summed E-state index contributed by atoms with van der Waals surface area (Å²) in [5.41, 5.74) is 1.53. The van der Waals surface area contributed by atoms with Crippen LogP contribution in [0.1, 0.15) is 0 Å². The first-order valence-electron chi connectivity index (χ1n) is 5.09. The molecule has 3 aromatic heterocycles. The molecule has 18 heavy (non-hydrogen) atoms. The maximum absolute atomic E-state index is 5.07. The highest BCUT2D eigenvalue weighted by Gasteiger charge is 2.11. The van der Waals surface area contributed by atoms with Gasteiger partial charge in [0.1, 0.15) is 16.4 Å². The Morgan fingerprint density at radius 3 is 2.89 bits per heavy atom. The summed E-state index contributed by atoms with van der Waals surface area (Å²) < 4.78 is 2.35. The molecule has 0 aliphatic heterocycles. The molecule has 0 aromatic carbocycles. The molecular weight excluding hydrogens is 268 g/mol. The van der Waals surface area contributed by atoms with Crippen molar-refractivity contribution in [3.05, 3.63) is 28.7 Å². The van der Waals surface area contributed by atoms with Crippen molar-refractivity contribution in [3.8, 4) is 22.2 Å². The molecule has 0 saturated carbocycles. The van der Waals surface area contributed by atoms with Gasteiger partial charge in [-0.05, 0) is 12.2 Å². The van der Waals surface area contributed by atoms with E-state index in [1.165, 1.54) is 11.3 Å². The average Bonchev–Trinajstić information content (AvgIpc) is 3.00. The van der Waals surface area contributed by atoms with E-state index in [0.29, 0.717) is 10.6 Å². The second-order valence-corrected chi connectivity index (χ2v) is 4.78. The van der Waals surface area contributed by atoms with Crippen LogP contribution in [-0.4, -0.2) is 29.7 Å². The predicted molar refractivity (Wildman–Crippen MR) is 70.5 cm³/mol. The van der Waals surface area contributed by atoms with Crippen molar-refractivity contribution in [3.63, 3.8) is 0 Å². The molecule has 0 amide bonds. The van der Waals surface area contributed by atoms with Crippen molar-refractivity contribution in [1.29, 1.82) is 0 Å². The van der Waals surface area contributed by atoms with Crippen LogP contribution in [0, 0.1) is 4.77 Å². The van der Waals surface area contributed by atoms with Crippen LogP contribution in [0.5, 0.6) is 0 Å². The third kappa shape index (κ3) is 1.85. The van der Waals surface area contributed by atoms with Gasteiger partial charge in [0.15, 0.2) is 10.6 Å². The van der Waals surface area contributed by atoms with E-state index in [2.05, 4.69) is 25.1 Å². The van der Waals surface area contributed by atoms with E-state index in [-0.39, 0.29) is 0 Å². The summed E-state index contributed by atoms with van der Waals surface area (Å²) in [4.78, 5) is 12.7. The zero-order chi connectivity index (χ0) is 12.5. The zero-order valence-electron chi connectivity index (χ0n) is 9.36. The first-order valence-corrected chi connectivity index (χ1v) is 6.38. The van der Waals surface area contributed by atoms with Gasteiger partial charge in [0.25, 0.3) is 0 Å². The molecule has 3 aromatic rings. The minimum atomic E-state index is 0.569. The van der Waals surface area contributed by atoms with Crippen molar-refractivity contribution in [1.82, 2.24) is 29.7 Å². The molecule has 0 radical (unpaired) electrons. The SMILES string of the molecule is Cn1c(-c2csc(-c3cnccn3)n2)n[nH]c1=S. The lowest BCUT2D eigenvalue weighted by Crippen LogP contribution is -1.92. The van der Waals surface area contributed by atoms with Gasteiger partial charge in [0.05, 0.1) is 6.20 Å². The van der Waals surface area contributed by atoms with Crippen LogP contribution in [-0.2, 0) is 7.05 Å². The second kappa shape index (κ2) is 4.39. The first-order chi connectivity index (χ1) is 8.75. The Labute approximate surface area is 111 Å². The Bertz CT molecular complexity index is 726. The third-order valence-electron chi connectivity index (χ3n) is 2.40. The summed E-state index contributed by atoms with van der Waals surface area (Å²) >= 11 is 6.57. The molecule has 0 unspecified atom stereocenters. The number of rotatable bonds is 2. The van der Waals surface area contributed by atoms with Gasteiger partial charge in [-0.2, -0.15) is 5.10 Å². The van der Waals surface area contributed by atoms with Gasteiger partial charge in [-0.15, -0.1) is 11.3 Å². The van der Waals surface area contributed by atoms with E-state index in [0.717, 1.165) is 16.4 Å². The highest BCUT2D eigenvalue weighted by molar-refractivity contribution is 7.71. The summed E-state index contributed by atoms with van der Waals surface area (Å²) in [6.45, 7) is 0. The average molecular weight is 276 g/mol. The molecule has 0 aliphatic rings. The largest absolute Gasteiger partial charge is 0.302 e. The van der Waals surface area contributed by atoms with E-state index < -0.39 is 0 Å². The molecule has 3 heterocycles. The number of aromatic nitrogens is 6. The molecular formula is C10H8N6S2. The smallest absolute Gasteiger partial charge is 0.195 e. The van der Waals surface area contributed by atoms with Crippen LogP contribution in [0.25, 0.3) is 22.2 Å². The maximum Gasteiger partial charge on any atom is 0.195 e. The molecule has 3 rings (SSSR count). The van der Waals surface area contributed by atoms with Gasteiger partial charge in [0.2, 0.25) is 0 Å². The monoisotopic (exact) mass is 276 g/mol. The number of thiazole rings is 1. The number of hydrogen-bond donors (Lipinski definition) is 1. The van der Waals surface area contributed by atoms with Crippen molar-refractivity contribution >= 4 is 23.6 Å². The fourth-order valence-corrected chi connectivity index (χ4v) is 2.37. The lowest BCUT2D eigenvalue weighted by molar-refractivity contribution is 0.898.